The van der Waals surface area contributed by atoms with Gasteiger partial charge in [-0.2, -0.15) is 0 Å². The summed E-state index contributed by atoms with van der Waals surface area (Å²) in [6.07, 6.45) is 5.54. The smallest absolute Gasteiger partial charge is 0.328 e. The highest BCUT2D eigenvalue weighted by atomic mass is 16.6. The van der Waals surface area contributed by atoms with Crippen LogP contribution in [0.4, 0.5) is 10.5 Å². The lowest BCUT2D eigenvalue weighted by atomic mass is 9.85. The van der Waals surface area contributed by atoms with E-state index in [4.69, 9.17) is 4.74 Å². The average Bonchev–Trinajstić information content (AvgIpc) is 3.32. The molecule has 0 aromatic heterocycles. The molecule has 0 radical (unpaired) electrons. The molecular weight excluding hydrogens is 464 g/mol. The minimum atomic E-state index is -0.728. The van der Waals surface area contributed by atoms with Crippen LogP contribution in [0.2, 0.25) is 0 Å². The fraction of sp³-hybridized carbons (Fsp3) is 0.533. The first-order valence-electron chi connectivity index (χ1n) is 14.0. The number of rotatable bonds is 6. The maximum absolute atomic E-state index is 14.1. The molecule has 7 nitrogen and oxygen atoms in total. The summed E-state index contributed by atoms with van der Waals surface area (Å²) in [6.45, 7) is 6.04. The van der Waals surface area contributed by atoms with Crippen LogP contribution < -0.4 is 4.90 Å². The maximum atomic E-state index is 14.1. The molecule has 194 valence electrons. The summed E-state index contributed by atoms with van der Waals surface area (Å²) < 4.78 is 5.51. The number of piperidine rings is 1. The van der Waals surface area contributed by atoms with Crippen LogP contribution in [0, 0.1) is 0 Å². The summed E-state index contributed by atoms with van der Waals surface area (Å²) in [7, 11) is 0. The number of fused-ring (bicyclic) bond motifs is 1. The van der Waals surface area contributed by atoms with Crippen molar-refractivity contribution in [2.24, 2.45) is 0 Å². The number of imide groups is 1. The van der Waals surface area contributed by atoms with Gasteiger partial charge in [0.05, 0.1) is 19.3 Å². The average molecular weight is 501 g/mol. The second-order valence-corrected chi connectivity index (χ2v) is 11.5. The lowest BCUT2D eigenvalue weighted by Gasteiger charge is -2.42. The Morgan fingerprint density at radius 2 is 1.51 bits per heavy atom. The summed E-state index contributed by atoms with van der Waals surface area (Å²) in [6, 6.07) is 17.2. The highest BCUT2D eigenvalue weighted by Gasteiger charge is 2.60. The molecule has 4 saturated heterocycles. The normalized spacial score (nSPS) is 25.5. The van der Waals surface area contributed by atoms with Crippen molar-refractivity contribution in [3.05, 3.63) is 65.2 Å². The van der Waals surface area contributed by atoms with E-state index >= 15 is 0 Å². The molecule has 2 aromatic carbocycles. The van der Waals surface area contributed by atoms with Crippen molar-refractivity contribution in [3.63, 3.8) is 0 Å². The van der Waals surface area contributed by atoms with Crippen LogP contribution >= 0.6 is 0 Å². The molecule has 0 N–H and O–H groups in total. The summed E-state index contributed by atoms with van der Waals surface area (Å²) in [5, 5.41) is 0. The zero-order valence-corrected chi connectivity index (χ0v) is 21.5. The Hall–Kier alpha value is -2.90. The molecular formula is C30H36N4O3. The lowest BCUT2D eigenvalue weighted by Crippen LogP contribution is -2.57. The molecule has 7 rings (SSSR count). The molecule has 7 heteroatoms. The Morgan fingerprint density at radius 3 is 2.14 bits per heavy atom. The van der Waals surface area contributed by atoms with Crippen molar-refractivity contribution in [3.8, 4) is 0 Å². The molecule has 2 aromatic rings. The number of likely N-dealkylation sites (tertiary alicyclic amines) is 1. The van der Waals surface area contributed by atoms with Crippen LogP contribution in [0.1, 0.15) is 42.4 Å². The molecule has 1 atom stereocenters. The van der Waals surface area contributed by atoms with Crippen LogP contribution in [0.15, 0.2) is 48.5 Å². The van der Waals surface area contributed by atoms with Gasteiger partial charge in [-0.15, -0.1) is 0 Å². The van der Waals surface area contributed by atoms with E-state index in [-0.39, 0.29) is 24.1 Å². The molecule has 1 spiro atoms. The molecule has 4 heterocycles. The van der Waals surface area contributed by atoms with Gasteiger partial charge in [-0.3, -0.25) is 14.6 Å². The largest absolute Gasteiger partial charge is 0.372 e. The minimum absolute atomic E-state index is 0.0190. The minimum Gasteiger partial charge on any atom is -0.372 e. The van der Waals surface area contributed by atoms with E-state index in [2.05, 4.69) is 46.2 Å². The third-order valence-electron chi connectivity index (χ3n) is 9.25. The van der Waals surface area contributed by atoms with E-state index in [0.29, 0.717) is 26.0 Å². The quantitative estimate of drug-likeness (QED) is 0.449. The van der Waals surface area contributed by atoms with Gasteiger partial charge in [-0.1, -0.05) is 36.4 Å². The van der Waals surface area contributed by atoms with Crippen molar-refractivity contribution >= 4 is 17.6 Å². The van der Waals surface area contributed by atoms with Gasteiger partial charge in [0.25, 0.3) is 5.91 Å². The van der Waals surface area contributed by atoms with Gasteiger partial charge in [0.1, 0.15) is 5.54 Å². The number of hydrogen-bond donors (Lipinski definition) is 0. The number of carbonyl (C=O) groups excluding carboxylic acids is 2. The van der Waals surface area contributed by atoms with E-state index in [0.717, 1.165) is 45.6 Å². The SMILES string of the molecule is O=C1N(C2Cc3ccccc3C2)C(=O)C2(CCN(Cc3ccc(N4CCCC4)cc3)CC2)N1CC1CO1. The highest BCUT2D eigenvalue weighted by molar-refractivity contribution is 6.07. The Kier molecular flexibility index (Phi) is 5.74. The van der Waals surface area contributed by atoms with Gasteiger partial charge >= 0.3 is 6.03 Å². The monoisotopic (exact) mass is 500 g/mol. The third kappa shape index (κ3) is 4.12. The molecule has 0 bridgehead atoms. The maximum Gasteiger partial charge on any atom is 0.328 e. The van der Waals surface area contributed by atoms with E-state index in [1.165, 1.54) is 35.2 Å². The summed E-state index contributed by atoms with van der Waals surface area (Å²) in [4.78, 5) is 36.2. The Labute approximate surface area is 219 Å². The molecule has 4 aliphatic heterocycles. The van der Waals surface area contributed by atoms with Crippen LogP contribution in [0.25, 0.3) is 0 Å². The molecule has 3 amide bonds. The van der Waals surface area contributed by atoms with Crippen LogP contribution in [-0.2, 0) is 28.9 Å². The number of ether oxygens (including phenoxy) is 1. The summed E-state index contributed by atoms with van der Waals surface area (Å²) in [5.74, 6) is 0.0190. The predicted octanol–water partition coefficient (Wildman–Crippen LogP) is 3.45. The van der Waals surface area contributed by atoms with E-state index in [1.54, 1.807) is 4.90 Å². The van der Waals surface area contributed by atoms with E-state index in [1.807, 2.05) is 17.0 Å². The number of hydrogen-bond acceptors (Lipinski definition) is 5. The van der Waals surface area contributed by atoms with Gasteiger partial charge in [-0.05, 0) is 67.3 Å². The van der Waals surface area contributed by atoms with Crippen molar-refractivity contribution in [2.75, 3.05) is 44.2 Å². The molecule has 0 saturated carbocycles. The first-order chi connectivity index (χ1) is 18.1. The Morgan fingerprint density at radius 1 is 0.865 bits per heavy atom. The molecule has 37 heavy (non-hydrogen) atoms. The number of amides is 3. The van der Waals surface area contributed by atoms with Crippen LogP contribution in [0.3, 0.4) is 0 Å². The molecule has 4 fully saturated rings. The topological polar surface area (TPSA) is 59.6 Å². The van der Waals surface area contributed by atoms with Gasteiger partial charge in [-0.25, -0.2) is 4.79 Å². The molecule has 1 aliphatic carbocycles. The number of anilines is 1. The van der Waals surface area contributed by atoms with Gasteiger partial charge in [0, 0.05) is 44.5 Å². The Balaban J connectivity index is 1.05. The van der Waals surface area contributed by atoms with Crippen molar-refractivity contribution < 1.29 is 14.3 Å². The van der Waals surface area contributed by atoms with Crippen molar-refractivity contribution in [2.45, 2.75) is 62.8 Å². The predicted molar refractivity (Wildman–Crippen MR) is 141 cm³/mol. The summed E-state index contributed by atoms with van der Waals surface area (Å²) in [5.41, 5.74) is 4.42. The molecule has 5 aliphatic rings. The zero-order chi connectivity index (χ0) is 25.0. The van der Waals surface area contributed by atoms with Gasteiger partial charge < -0.3 is 14.5 Å². The Bertz CT molecular complexity index is 1150. The van der Waals surface area contributed by atoms with Crippen molar-refractivity contribution in [1.82, 2.24) is 14.7 Å². The first kappa shape index (κ1) is 23.2. The third-order valence-corrected chi connectivity index (χ3v) is 9.25. The standard InChI is InChI=1S/C30H36N4O3/c35-28-30(11-15-31(16-12-30)19-22-7-9-25(10-8-22)32-13-3-4-14-32)33(20-27-21-37-27)29(36)34(28)26-17-23-5-1-2-6-24(23)18-26/h1-2,5-10,26-27H,3-4,11-21H2. The molecule has 1 unspecified atom stereocenters. The number of nitrogens with zero attached hydrogens (tertiary/aromatic N) is 4. The van der Waals surface area contributed by atoms with Gasteiger partial charge in [0.15, 0.2) is 0 Å². The number of urea groups is 1. The van der Waals surface area contributed by atoms with E-state index < -0.39 is 5.54 Å². The number of benzene rings is 2. The first-order valence-corrected chi connectivity index (χ1v) is 14.0. The van der Waals surface area contributed by atoms with Crippen molar-refractivity contribution in [1.29, 1.82) is 0 Å². The fourth-order valence-corrected chi connectivity index (χ4v) is 7.02. The van der Waals surface area contributed by atoms with Gasteiger partial charge in [0.2, 0.25) is 0 Å². The highest BCUT2D eigenvalue weighted by Crippen LogP contribution is 2.41. The van der Waals surface area contributed by atoms with Crippen LogP contribution in [-0.4, -0.2) is 83.7 Å². The summed E-state index contributed by atoms with van der Waals surface area (Å²) >= 11 is 0. The second kappa shape index (κ2) is 9.14. The number of epoxide rings is 1. The second-order valence-electron chi connectivity index (χ2n) is 11.5. The number of carbonyl (C=O) groups is 2. The zero-order valence-electron chi connectivity index (χ0n) is 21.5. The lowest BCUT2D eigenvalue weighted by molar-refractivity contribution is -0.137. The van der Waals surface area contributed by atoms with Crippen LogP contribution in [0.5, 0.6) is 0 Å². The fourth-order valence-electron chi connectivity index (χ4n) is 7.02. The van der Waals surface area contributed by atoms with E-state index in [9.17, 15) is 9.59 Å².